The van der Waals surface area contributed by atoms with Crippen LogP contribution in [0.2, 0.25) is 5.02 Å². The molecular weight excluding hydrogens is 264 g/mol. The number of nitrogens with zero attached hydrogens (tertiary/aromatic N) is 2. The van der Waals surface area contributed by atoms with Gasteiger partial charge in [-0.2, -0.15) is 5.26 Å². The number of rotatable bonds is 7. The molecule has 0 aromatic heterocycles. The molecule has 5 heteroatoms. The minimum Gasteiger partial charge on any atom is -0.383 e. The Labute approximate surface area is 118 Å². The second-order valence-corrected chi connectivity index (χ2v) is 4.52. The maximum absolute atomic E-state index is 11.3. The lowest BCUT2D eigenvalue weighted by molar-refractivity contribution is 0.101. The lowest BCUT2D eigenvalue weighted by atomic mass is 10.1. The number of hydrogen-bond donors (Lipinski definition) is 0. The lowest BCUT2D eigenvalue weighted by Gasteiger charge is -2.24. The number of methoxy groups -OCH3 is 1. The van der Waals surface area contributed by atoms with Gasteiger partial charge in [0.05, 0.1) is 29.8 Å². The van der Waals surface area contributed by atoms with Crippen molar-refractivity contribution in [3.63, 3.8) is 0 Å². The summed E-state index contributed by atoms with van der Waals surface area (Å²) >= 11 is 6.21. The van der Waals surface area contributed by atoms with Gasteiger partial charge in [0.1, 0.15) is 0 Å². The van der Waals surface area contributed by atoms with Crippen LogP contribution in [-0.4, -0.2) is 32.6 Å². The van der Waals surface area contributed by atoms with E-state index >= 15 is 0 Å². The summed E-state index contributed by atoms with van der Waals surface area (Å²) in [6, 6.07) is 7.33. The molecular formula is C14H17ClN2O2. The first kappa shape index (κ1) is 15.5. The predicted molar refractivity (Wildman–Crippen MR) is 75.8 cm³/mol. The molecule has 19 heavy (non-hydrogen) atoms. The maximum Gasteiger partial charge on any atom is 0.159 e. The predicted octanol–water partition coefficient (Wildman–Crippen LogP) is 2.91. The first-order chi connectivity index (χ1) is 9.10. The Morgan fingerprint density at radius 2 is 2.21 bits per heavy atom. The van der Waals surface area contributed by atoms with Crippen molar-refractivity contribution in [2.45, 2.75) is 13.3 Å². The van der Waals surface area contributed by atoms with Gasteiger partial charge in [-0.1, -0.05) is 11.6 Å². The van der Waals surface area contributed by atoms with E-state index in [0.717, 1.165) is 5.69 Å². The van der Waals surface area contributed by atoms with Crippen molar-refractivity contribution < 1.29 is 9.53 Å². The summed E-state index contributed by atoms with van der Waals surface area (Å²) in [6.45, 7) is 3.29. The number of anilines is 1. The fourth-order valence-corrected chi connectivity index (χ4v) is 2.02. The molecule has 1 aromatic carbocycles. The smallest absolute Gasteiger partial charge is 0.159 e. The Hall–Kier alpha value is -1.57. The second-order valence-electron chi connectivity index (χ2n) is 4.11. The van der Waals surface area contributed by atoms with Crippen LogP contribution in [0.5, 0.6) is 0 Å². The zero-order valence-corrected chi connectivity index (χ0v) is 11.9. The van der Waals surface area contributed by atoms with E-state index in [9.17, 15) is 4.79 Å². The summed E-state index contributed by atoms with van der Waals surface area (Å²) in [4.78, 5) is 13.3. The molecule has 0 N–H and O–H groups in total. The maximum atomic E-state index is 11.3. The van der Waals surface area contributed by atoms with Gasteiger partial charge in [-0.15, -0.1) is 0 Å². The van der Waals surface area contributed by atoms with E-state index in [1.807, 2.05) is 11.0 Å². The Bertz CT molecular complexity index is 483. The van der Waals surface area contributed by atoms with Crippen LogP contribution in [0.15, 0.2) is 18.2 Å². The Kier molecular flexibility index (Phi) is 6.34. The fourth-order valence-electron chi connectivity index (χ4n) is 1.72. The molecule has 0 aliphatic carbocycles. The standard InChI is InChI=1S/C14H17ClN2O2/c1-11(18)12-4-5-14(13(15)10-12)17(7-3-6-16)8-9-19-2/h4-5,10H,3,7-9H2,1-2H3. The van der Waals surface area contributed by atoms with Crippen LogP contribution in [0.3, 0.4) is 0 Å². The van der Waals surface area contributed by atoms with E-state index in [-0.39, 0.29) is 5.78 Å². The molecule has 0 saturated heterocycles. The average molecular weight is 281 g/mol. The number of ketones is 1. The Morgan fingerprint density at radius 3 is 2.74 bits per heavy atom. The molecule has 0 radical (unpaired) electrons. The number of ether oxygens (including phenoxy) is 1. The number of carbonyl (C=O) groups is 1. The van der Waals surface area contributed by atoms with Crippen molar-refractivity contribution in [1.29, 1.82) is 5.26 Å². The minimum absolute atomic E-state index is 0.0195. The molecule has 4 nitrogen and oxygen atoms in total. The number of hydrogen-bond acceptors (Lipinski definition) is 4. The van der Waals surface area contributed by atoms with Crippen LogP contribution in [0.4, 0.5) is 5.69 Å². The fraction of sp³-hybridized carbons (Fsp3) is 0.429. The largest absolute Gasteiger partial charge is 0.383 e. The highest BCUT2D eigenvalue weighted by Crippen LogP contribution is 2.27. The van der Waals surface area contributed by atoms with Gasteiger partial charge < -0.3 is 9.64 Å². The quantitative estimate of drug-likeness (QED) is 0.721. The van der Waals surface area contributed by atoms with E-state index in [1.54, 1.807) is 19.2 Å². The summed E-state index contributed by atoms with van der Waals surface area (Å²) in [6.07, 6.45) is 0.411. The summed E-state index contributed by atoms with van der Waals surface area (Å²) in [5.74, 6) is -0.0195. The van der Waals surface area contributed by atoms with Gasteiger partial charge in [0, 0.05) is 25.8 Å². The molecule has 1 rings (SSSR count). The van der Waals surface area contributed by atoms with Gasteiger partial charge in [-0.05, 0) is 25.1 Å². The molecule has 0 aliphatic heterocycles. The summed E-state index contributed by atoms with van der Waals surface area (Å²) < 4.78 is 5.05. The highest BCUT2D eigenvalue weighted by molar-refractivity contribution is 6.33. The third-order valence-corrected chi connectivity index (χ3v) is 3.06. The van der Waals surface area contributed by atoms with Gasteiger partial charge in [0.2, 0.25) is 0 Å². The summed E-state index contributed by atoms with van der Waals surface area (Å²) in [7, 11) is 1.63. The third kappa shape index (κ3) is 4.55. The first-order valence-corrected chi connectivity index (χ1v) is 6.39. The third-order valence-electron chi connectivity index (χ3n) is 2.75. The van der Waals surface area contributed by atoms with Gasteiger partial charge in [-0.3, -0.25) is 4.79 Å². The Balaban J connectivity index is 2.94. The van der Waals surface area contributed by atoms with Crippen molar-refractivity contribution in [3.05, 3.63) is 28.8 Å². The van der Waals surface area contributed by atoms with E-state index in [2.05, 4.69) is 6.07 Å². The normalized spacial score (nSPS) is 10.0. The SMILES string of the molecule is COCCN(CCC#N)c1ccc(C(C)=O)cc1Cl. The summed E-state index contributed by atoms with van der Waals surface area (Å²) in [5, 5.41) is 9.20. The van der Waals surface area contributed by atoms with Crippen molar-refractivity contribution in [1.82, 2.24) is 0 Å². The number of nitriles is 1. The van der Waals surface area contributed by atoms with Crippen LogP contribution in [0.25, 0.3) is 0 Å². The van der Waals surface area contributed by atoms with Crippen LogP contribution in [0.1, 0.15) is 23.7 Å². The van der Waals surface area contributed by atoms with Crippen LogP contribution < -0.4 is 4.90 Å². The minimum atomic E-state index is -0.0195. The van der Waals surface area contributed by atoms with E-state index in [4.69, 9.17) is 21.6 Å². The van der Waals surface area contributed by atoms with Gasteiger partial charge in [-0.25, -0.2) is 0 Å². The highest BCUT2D eigenvalue weighted by atomic mass is 35.5. The average Bonchev–Trinajstić information content (AvgIpc) is 2.39. The molecule has 0 fully saturated rings. The van der Waals surface area contributed by atoms with E-state index in [1.165, 1.54) is 6.92 Å². The van der Waals surface area contributed by atoms with Crippen molar-refractivity contribution in [2.75, 3.05) is 31.7 Å². The van der Waals surface area contributed by atoms with Gasteiger partial charge >= 0.3 is 0 Å². The van der Waals surface area contributed by atoms with Crippen molar-refractivity contribution >= 4 is 23.1 Å². The highest BCUT2D eigenvalue weighted by Gasteiger charge is 2.11. The van der Waals surface area contributed by atoms with Gasteiger partial charge in [0.15, 0.2) is 5.78 Å². The molecule has 0 heterocycles. The molecule has 0 amide bonds. The zero-order valence-electron chi connectivity index (χ0n) is 11.1. The molecule has 0 bridgehead atoms. The van der Waals surface area contributed by atoms with Gasteiger partial charge in [0.25, 0.3) is 0 Å². The van der Waals surface area contributed by atoms with Crippen molar-refractivity contribution in [3.8, 4) is 6.07 Å². The molecule has 0 atom stereocenters. The molecule has 0 saturated carbocycles. The number of Topliss-reactive ketones (excluding diaryl/α,β-unsaturated/α-hetero) is 1. The lowest BCUT2D eigenvalue weighted by Crippen LogP contribution is -2.28. The number of carbonyl (C=O) groups excluding carboxylic acids is 1. The monoisotopic (exact) mass is 280 g/mol. The van der Waals surface area contributed by atoms with E-state index < -0.39 is 0 Å². The van der Waals surface area contributed by atoms with Crippen LogP contribution >= 0.6 is 11.6 Å². The van der Waals surface area contributed by atoms with Crippen LogP contribution in [0, 0.1) is 11.3 Å². The molecule has 0 unspecified atom stereocenters. The molecule has 102 valence electrons. The van der Waals surface area contributed by atoms with E-state index in [0.29, 0.717) is 36.7 Å². The molecule has 0 spiro atoms. The number of halogens is 1. The Morgan fingerprint density at radius 1 is 1.47 bits per heavy atom. The second kappa shape index (κ2) is 7.78. The zero-order chi connectivity index (χ0) is 14.3. The van der Waals surface area contributed by atoms with Crippen molar-refractivity contribution in [2.24, 2.45) is 0 Å². The summed E-state index contributed by atoms with van der Waals surface area (Å²) in [5.41, 5.74) is 1.40. The molecule has 1 aromatic rings. The topological polar surface area (TPSA) is 53.3 Å². The molecule has 0 aliphatic rings. The number of benzene rings is 1. The van der Waals surface area contributed by atoms with Crippen LogP contribution in [-0.2, 0) is 4.74 Å². The first-order valence-electron chi connectivity index (χ1n) is 6.01.